The number of rotatable bonds is 5. The zero-order valence-corrected chi connectivity index (χ0v) is 13.1. The summed E-state index contributed by atoms with van der Waals surface area (Å²) in [5.74, 6) is -0.134. The van der Waals surface area contributed by atoms with Crippen molar-refractivity contribution in [3.63, 3.8) is 0 Å². The van der Waals surface area contributed by atoms with Crippen LogP contribution in [0.3, 0.4) is 0 Å². The third kappa shape index (κ3) is 3.05. The van der Waals surface area contributed by atoms with Gasteiger partial charge in [-0.2, -0.15) is 0 Å². The number of aromatic nitrogens is 2. The van der Waals surface area contributed by atoms with E-state index in [1.165, 1.54) is 0 Å². The summed E-state index contributed by atoms with van der Waals surface area (Å²) in [4.78, 5) is 31.1. The number of fused-ring (bicyclic) bond motifs is 1. The monoisotopic (exact) mass is 316 g/mol. The van der Waals surface area contributed by atoms with Crippen LogP contribution in [0.2, 0.25) is 0 Å². The van der Waals surface area contributed by atoms with Crippen molar-refractivity contribution >= 4 is 17.3 Å². The van der Waals surface area contributed by atoms with Crippen LogP contribution >= 0.6 is 0 Å². The quantitative estimate of drug-likeness (QED) is 0.833. The first-order chi connectivity index (χ1) is 11.2. The standard InChI is InChI=1S/C16H20N4O3/c1-23-11-7-17-15(21)13-12-6-2-3-10-20(12)14(18-13)16(22)19-8-4-5-9-19/h2-3,6,10H,4-5,7-9,11H2,1H3,(H,17,21). The van der Waals surface area contributed by atoms with E-state index >= 15 is 0 Å². The summed E-state index contributed by atoms with van der Waals surface area (Å²) < 4.78 is 6.61. The normalized spacial score (nSPS) is 14.4. The molecular formula is C16H20N4O3. The first kappa shape index (κ1) is 15.5. The van der Waals surface area contributed by atoms with E-state index in [1.807, 2.05) is 12.1 Å². The molecule has 0 bridgehead atoms. The summed E-state index contributed by atoms with van der Waals surface area (Å²) >= 11 is 0. The Balaban J connectivity index is 1.93. The minimum absolute atomic E-state index is 0.125. The van der Waals surface area contributed by atoms with Gasteiger partial charge < -0.3 is 15.0 Å². The SMILES string of the molecule is COCCNC(=O)c1nc(C(=O)N2CCCC2)n2ccccc12. The highest BCUT2D eigenvalue weighted by molar-refractivity contribution is 6.02. The molecule has 2 aromatic rings. The van der Waals surface area contributed by atoms with Gasteiger partial charge in [0.15, 0.2) is 5.69 Å². The number of nitrogens with zero attached hydrogens (tertiary/aromatic N) is 3. The lowest BCUT2D eigenvalue weighted by Gasteiger charge is -2.13. The van der Waals surface area contributed by atoms with Crippen LogP contribution in [0.15, 0.2) is 24.4 Å². The Morgan fingerprint density at radius 3 is 2.83 bits per heavy atom. The molecule has 1 saturated heterocycles. The average Bonchev–Trinajstić information content (AvgIpc) is 3.22. The van der Waals surface area contributed by atoms with Crippen molar-refractivity contribution in [3.8, 4) is 0 Å². The van der Waals surface area contributed by atoms with Crippen LogP contribution in [0, 0.1) is 0 Å². The molecule has 0 spiro atoms. The molecule has 2 amide bonds. The van der Waals surface area contributed by atoms with Crippen LogP contribution in [0.1, 0.15) is 33.9 Å². The van der Waals surface area contributed by atoms with E-state index in [1.54, 1.807) is 28.7 Å². The second-order valence-electron chi connectivity index (χ2n) is 5.49. The number of methoxy groups -OCH3 is 1. The number of hydrogen-bond donors (Lipinski definition) is 1. The van der Waals surface area contributed by atoms with Crippen molar-refractivity contribution < 1.29 is 14.3 Å². The highest BCUT2D eigenvalue weighted by Crippen LogP contribution is 2.17. The molecule has 0 unspecified atom stereocenters. The number of hydrogen-bond acceptors (Lipinski definition) is 4. The van der Waals surface area contributed by atoms with Crippen molar-refractivity contribution in [1.29, 1.82) is 0 Å². The molecule has 0 radical (unpaired) electrons. The predicted molar refractivity (Wildman–Crippen MR) is 84.5 cm³/mol. The van der Waals surface area contributed by atoms with Crippen molar-refractivity contribution in [2.24, 2.45) is 0 Å². The maximum Gasteiger partial charge on any atom is 0.290 e. The number of carbonyl (C=O) groups excluding carboxylic acids is 2. The highest BCUT2D eigenvalue weighted by Gasteiger charge is 2.26. The Hall–Kier alpha value is -2.41. The molecule has 3 heterocycles. The summed E-state index contributed by atoms with van der Waals surface area (Å²) in [6, 6.07) is 5.44. The topological polar surface area (TPSA) is 75.9 Å². The van der Waals surface area contributed by atoms with E-state index < -0.39 is 0 Å². The van der Waals surface area contributed by atoms with Gasteiger partial charge in [-0.05, 0) is 25.0 Å². The van der Waals surface area contributed by atoms with E-state index in [4.69, 9.17) is 4.74 Å². The molecule has 1 aliphatic rings. The molecule has 7 nitrogen and oxygen atoms in total. The molecule has 122 valence electrons. The van der Waals surface area contributed by atoms with Crippen LogP contribution in [0.4, 0.5) is 0 Å². The van der Waals surface area contributed by atoms with Crippen LogP contribution in [-0.4, -0.2) is 59.4 Å². The second kappa shape index (κ2) is 6.78. The molecule has 1 aliphatic heterocycles. The number of imidazole rings is 1. The molecule has 1 fully saturated rings. The minimum Gasteiger partial charge on any atom is -0.383 e. The summed E-state index contributed by atoms with van der Waals surface area (Å²) in [5.41, 5.74) is 0.897. The van der Waals surface area contributed by atoms with Gasteiger partial charge in [-0.25, -0.2) is 4.98 Å². The van der Waals surface area contributed by atoms with Crippen LogP contribution in [0.25, 0.3) is 5.52 Å². The van der Waals surface area contributed by atoms with Gasteiger partial charge in [0.2, 0.25) is 5.82 Å². The van der Waals surface area contributed by atoms with Gasteiger partial charge in [0.25, 0.3) is 11.8 Å². The molecule has 1 N–H and O–H groups in total. The molecule has 7 heteroatoms. The largest absolute Gasteiger partial charge is 0.383 e. The van der Waals surface area contributed by atoms with Gasteiger partial charge in [-0.1, -0.05) is 6.07 Å². The maximum atomic E-state index is 12.6. The number of amides is 2. The lowest BCUT2D eigenvalue weighted by Crippen LogP contribution is -2.30. The third-order valence-electron chi connectivity index (χ3n) is 3.94. The van der Waals surface area contributed by atoms with E-state index in [0.717, 1.165) is 25.9 Å². The Morgan fingerprint density at radius 1 is 1.30 bits per heavy atom. The van der Waals surface area contributed by atoms with Gasteiger partial charge in [-0.3, -0.25) is 14.0 Å². The highest BCUT2D eigenvalue weighted by atomic mass is 16.5. The molecule has 0 saturated carbocycles. The zero-order valence-electron chi connectivity index (χ0n) is 13.1. The molecular weight excluding hydrogens is 296 g/mol. The number of pyridine rings is 1. The molecule has 0 aliphatic carbocycles. The molecule has 0 atom stereocenters. The first-order valence-corrected chi connectivity index (χ1v) is 7.76. The predicted octanol–water partition coefficient (Wildman–Crippen LogP) is 0.946. The van der Waals surface area contributed by atoms with Gasteiger partial charge in [0, 0.05) is 32.9 Å². The fourth-order valence-electron chi connectivity index (χ4n) is 2.77. The molecule has 3 rings (SSSR count). The van der Waals surface area contributed by atoms with Crippen LogP contribution < -0.4 is 5.32 Å². The van der Waals surface area contributed by atoms with Gasteiger partial charge in [0.05, 0.1) is 12.1 Å². The van der Waals surface area contributed by atoms with E-state index in [2.05, 4.69) is 10.3 Å². The molecule has 0 aromatic carbocycles. The van der Waals surface area contributed by atoms with Crippen molar-refractivity contribution in [1.82, 2.24) is 19.6 Å². The van der Waals surface area contributed by atoms with Gasteiger partial charge in [-0.15, -0.1) is 0 Å². The number of likely N-dealkylation sites (tertiary alicyclic amines) is 1. The Morgan fingerprint density at radius 2 is 2.09 bits per heavy atom. The first-order valence-electron chi connectivity index (χ1n) is 7.76. The summed E-state index contributed by atoms with van der Waals surface area (Å²) in [5, 5.41) is 2.75. The fourth-order valence-corrected chi connectivity index (χ4v) is 2.77. The zero-order chi connectivity index (χ0) is 16.2. The van der Waals surface area contributed by atoms with E-state index in [0.29, 0.717) is 24.5 Å². The smallest absolute Gasteiger partial charge is 0.290 e. The maximum absolute atomic E-state index is 12.6. The second-order valence-corrected chi connectivity index (χ2v) is 5.49. The Bertz CT molecular complexity index is 719. The lowest BCUT2D eigenvalue weighted by molar-refractivity contribution is 0.0780. The van der Waals surface area contributed by atoms with Gasteiger partial charge >= 0.3 is 0 Å². The summed E-state index contributed by atoms with van der Waals surface area (Å²) in [7, 11) is 1.57. The number of nitrogens with one attached hydrogen (secondary N) is 1. The number of ether oxygens (including phenoxy) is 1. The van der Waals surface area contributed by atoms with Crippen LogP contribution in [-0.2, 0) is 4.74 Å². The van der Waals surface area contributed by atoms with E-state index in [-0.39, 0.29) is 17.5 Å². The minimum atomic E-state index is -0.300. The lowest BCUT2D eigenvalue weighted by atomic mass is 10.3. The van der Waals surface area contributed by atoms with Crippen molar-refractivity contribution in [3.05, 3.63) is 35.9 Å². The average molecular weight is 316 g/mol. The summed E-state index contributed by atoms with van der Waals surface area (Å²) in [6.45, 7) is 2.32. The summed E-state index contributed by atoms with van der Waals surface area (Å²) in [6.07, 6.45) is 3.79. The van der Waals surface area contributed by atoms with E-state index in [9.17, 15) is 9.59 Å². The number of carbonyl (C=O) groups is 2. The van der Waals surface area contributed by atoms with Gasteiger partial charge in [0.1, 0.15) is 0 Å². The van der Waals surface area contributed by atoms with Crippen molar-refractivity contribution in [2.75, 3.05) is 33.4 Å². The fraction of sp³-hybridized carbons (Fsp3) is 0.438. The van der Waals surface area contributed by atoms with Crippen LogP contribution in [0.5, 0.6) is 0 Å². The van der Waals surface area contributed by atoms with Crippen molar-refractivity contribution in [2.45, 2.75) is 12.8 Å². The molecule has 2 aromatic heterocycles. The molecule has 23 heavy (non-hydrogen) atoms. The third-order valence-corrected chi connectivity index (χ3v) is 3.94. The Labute approximate surface area is 134 Å². The Kier molecular flexibility index (Phi) is 4.57.